The van der Waals surface area contributed by atoms with Crippen LogP contribution in [0.2, 0.25) is 0 Å². The van der Waals surface area contributed by atoms with E-state index in [0.717, 1.165) is 16.8 Å². The Morgan fingerprint density at radius 1 is 1.18 bits per heavy atom. The molecule has 1 amide bonds. The second kappa shape index (κ2) is 9.37. The van der Waals surface area contributed by atoms with Crippen molar-refractivity contribution in [3.8, 4) is 0 Å². The van der Waals surface area contributed by atoms with E-state index in [1.165, 1.54) is 7.11 Å². The smallest absolute Gasteiger partial charge is 0.305 e. The van der Waals surface area contributed by atoms with Gasteiger partial charge in [0.2, 0.25) is 5.91 Å². The third-order valence-corrected chi connectivity index (χ3v) is 4.91. The van der Waals surface area contributed by atoms with Crippen LogP contribution >= 0.6 is 12.4 Å². The van der Waals surface area contributed by atoms with Crippen molar-refractivity contribution in [1.82, 2.24) is 0 Å². The molecular formula is C21H24ClN3O3. The van der Waals surface area contributed by atoms with Crippen molar-refractivity contribution in [2.24, 2.45) is 5.73 Å². The molecule has 3 N–H and O–H groups in total. The summed E-state index contributed by atoms with van der Waals surface area (Å²) in [7, 11) is 1.39. The lowest BCUT2D eigenvalue weighted by molar-refractivity contribution is -0.140. The van der Waals surface area contributed by atoms with E-state index < -0.39 is 0 Å². The number of nitrogens with zero attached hydrogens (tertiary/aromatic N) is 1. The number of ether oxygens (including phenoxy) is 1. The predicted octanol–water partition coefficient (Wildman–Crippen LogP) is 3.02. The van der Waals surface area contributed by atoms with Crippen LogP contribution in [0.4, 0.5) is 5.69 Å². The summed E-state index contributed by atoms with van der Waals surface area (Å²) in [4.78, 5) is 25.5. The zero-order valence-electron chi connectivity index (χ0n) is 15.7. The summed E-state index contributed by atoms with van der Waals surface area (Å²) in [6.45, 7) is 0.625. The van der Waals surface area contributed by atoms with Crippen LogP contribution in [0.5, 0.6) is 0 Å². The molecule has 1 aliphatic heterocycles. The summed E-state index contributed by atoms with van der Waals surface area (Å²) in [6.07, 6.45) is 1.48. The van der Waals surface area contributed by atoms with Crippen LogP contribution in [-0.2, 0) is 20.7 Å². The van der Waals surface area contributed by atoms with E-state index in [-0.39, 0.29) is 36.0 Å². The molecule has 6 nitrogen and oxygen atoms in total. The number of amides is 1. The van der Waals surface area contributed by atoms with Crippen molar-refractivity contribution >= 4 is 35.8 Å². The first-order valence-electron chi connectivity index (χ1n) is 8.88. The van der Waals surface area contributed by atoms with E-state index >= 15 is 0 Å². The fourth-order valence-corrected chi connectivity index (χ4v) is 3.31. The zero-order chi connectivity index (χ0) is 19.4. The number of esters is 1. The predicted molar refractivity (Wildman–Crippen MR) is 111 cm³/mol. The van der Waals surface area contributed by atoms with E-state index in [1.54, 1.807) is 17.0 Å². The number of carbonyl (C=O) groups is 2. The Kier molecular flexibility index (Phi) is 7.18. The number of hydrogen-bond acceptors (Lipinski definition) is 4. The number of halogens is 1. The van der Waals surface area contributed by atoms with Crippen molar-refractivity contribution in [2.75, 3.05) is 18.6 Å². The Bertz CT molecular complexity index is 850. The highest BCUT2D eigenvalue weighted by Crippen LogP contribution is 2.32. The van der Waals surface area contributed by atoms with E-state index in [4.69, 9.17) is 11.1 Å². The van der Waals surface area contributed by atoms with Gasteiger partial charge in [-0.05, 0) is 41.8 Å². The van der Waals surface area contributed by atoms with Crippen molar-refractivity contribution in [3.63, 3.8) is 0 Å². The molecule has 0 bridgehead atoms. The summed E-state index contributed by atoms with van der Waals surface area (Å²) < 4.78 is 4.66. The monoisotopic (exact) mass is 401 g/mol. The van der Waals surface area contributed by atoms with Crippen LogP contribution < -0.4 is 10.6 Å². The molecule has 1 atom stereocenters. The first kappa shape index (κ1) is 21.4. The van der Waals surface area contributed by atoms with Gasteiger partial charge in [0.15, 0.2) is 0 Å². The van der Waals surface area contributed by atoms with E-state index in [2.05, 4.69) is 4.74 Å². The molecular weight excluding hydrogens is 378 g/mol. The summed E-state index contributed by atoms with van der Waals surface area (Å²) in [5, 5.41) is 7.45. The van der Waals surface area contributed by atoms with Crippen molar-refractivity contribution < 1.29 is 14.3 Å². The Labute approximate surface area is 170 Å². The molecule has 1 saturated heterocycles. The SMILES string of the molecule is COC(=O)CCc1ccc(C2CC(=O)N(c3ccc(C(=N)N)cc3)C2)cc1.Cl. The maximum Gasteiger partial charge on any atom is 0.305 e. The van der Waals surface area contributed by atoms with Crippen molar-refractivity contribution in [3.05, 3.63) is 65.2 Å². The second-order valence-corrected chi connectivity index (χ2v) is 6.68. The van der Waals surface area contributed by atoms with Crippen molar-refractivity contribution in [1.29, 1.82) is 5.41 Å². The quantitative estimate of drug-likeness (QED) is 0.441. The number of amidine groups is 1. The molecule has 3 rings (SSSR count). The lowest BCUT2D eigenvalue weighted by atomic mass is 9.96. The highest BCUT2D eigenvalue weighted by molar-refractivity contribution is 5.98. The van der Waals surface area contributed by atoms with Crippen LogP contribution in [0.1, 0.15) is 35.4 Å². The summed E-state index contributed by atoms with van der Waals surface area (Å²) >= 11 is 0. The van der Waals surface area contributed by atoms with Crippen LogP contribution in [0.3, 0.4) is 0 Å². The first-order chi connectivity index (χ1) is 13.0. The molecule has 1 unspecified atom stereocenters. The normalized spacial score (nSPS) is 15.8. The van der Waals surface area contributed by atoms with Crippen LogP contribution in [0, 0.1) is 5.41 Å². The van der Waals surface area contributed by atoms with Gasteiger partial charge in [-0.15, -0.1) is 12.4 Å². The maximum absolute atomic E-state index is 12.5. The molecule has 0 saturated carbocycles. The molecule has 0 spiro atoms. The topological polar surface area (TPSA) is 96.5 Å². The van der Waals surface area contributed by atoms with Gasteiger partial charge in [0, 0.05) is 36.6 Å². The molecule has 28 heavy (non-hydrogen) atoms. The van der Waals surface area contributed by atoms with Crippen LogP contribution in [0.15, 0.2) is 48.5 Å². The second-order valence-electron chi connectivity index (χ2n) is 6.68. The molecule has 1 aliphatic rings. The van der Waals surface area contributed by atoms with Gasteiger partial charge in [0.25, 0.3) is 0 Å². The van der Waals surface area contributed by atoms with Gasteiger partial charge in [-0.1, -0.05) is 24.3 Å². The molecule has 1 fully saturated rings. The molecule has 0 aliphatic carbocycles. The number of rotatable bonds is 6. The summed E-state index contributed by atoms with van der Waals surface area (Å²) in [6, 6.07) is 15.3. The van der Waals surface area contributed by atoms with Crippen LogP contribution in [-0.4, -0.2) is 31.4 Å². The summed E-state index contributed by atoms with van der Waals surface area (Å²) in [5.74, 6) is 0.0244. The summed E-state index contributed by atoms with van der Waals surface area (Å²) in [5.41, 5.74) is 9.14. The highest BCUT2D eigenvalue weighted by Gasteiger charge is 2.31. The average Bonchev–Trinajstić information content (AvgIpc) is 3.08. The Morgan fingerprint density at radius 2 is 1.82 bits per heavy atom. The van der Waals surface area contributed by atoms with E-state index in [0.29, 0.717) is 31.4 Å². The molecule has 0 aromatic heterocycles. The van der Waals surface area contributed by atoms with Gasteiger partial charge in [-0.2, -0.15) is 0 Å². The molecule has 0 radical (unpaired) electrons. The number of nitrogens with two attached hydrogens (primary N) is 1. The van der Waals surface area contributed by atoms with Gasteiger partial charge in [0.05, 0.1) is 7.11 Å². The van der Waals surface area contributed by atoms with Gasteiger partial charge in [0.1, 0.15) is 5.84 Å². The Balaban J connectivity index is 0.00000280. The third-order valence-electron chi connectivity index (χ3n) is 4.91. The highest BCUT2D eigenvalue weighted by atomic mass is 35.5. The molecule has 2 aromatic rings. The van der Waals surface area contributed by atoms with E-state index in [9.17, 15) is 9.59 Å². The standard InChI is InChI=1S/C21H23N3O3.ClH/c1-27-20(26)11-4-14-2-5-15(6-3-14)17-12-19(25)24(13-17)18-9-7-16(8-10-18)21(22)23;/h2-3,5-10,17H,4,11-13H2,1H3,(H3,22,23);1H. The third kappa shape index (κ3) is 4.89. The number of nitrogen functional groups attached to an aromatic ring is 1. The number of nitrogens with one attached hydrogen (secondary N) is 1. The Hall–Kier alpha value is -2.86. The minimum absolute atomic E-state index is 0. The van der Waals surface area contributed by atoms with E-state index in [1.807, 2.05) is 36.4 Å². The van der Waals surface area contributed by atoms with Crippen LogP contribution in [0.25, 0.3) is 0 Å². The number of benzene rings is 2. The molecule has 7 heteroatoms. The average molecular weight is 402 g/mol. The number of anilines is 1. The number of aryl methyl sites for hydroxylation is 1. The van der Waals surface area contributed by atoms with Gasteiger partial charge >= 0.3 is 5.97 Å². The molecule has 1 heterocycles. The van der Waals surface area contributed by atoms with Gasteiger partial charge in [-0.25, -0.2) is 0 Å². The minimum atomic E-state index is -0.216. The lowest BCUT2D eigenvalue weighted by Crippen LogP contribution is -2.24. The lowest BCUT2D eigenvalue weighted by Gasteiger charge is -2.17. The minimum Gasteiger partial charge on any atom is -0.469 e. The molecule has 2 aromatic carbocycles. The number of hydrogen-bond donors (Lipinski definition) is 2. The number of methoxy groups -OCH3 is 1. The zero-order valence-corrected chi connectivity index (χ0v) is 16.5. The van der Waals surface area contributed by atoms with Crippen molar-refractivity contribution in [2.45, 2.75) is 25.2 Å². The largest absolute Gasteiger partial charge is 0.469 e. The Morgan fingerprint density at radius 3 is 2.39 bits per heavy atom. The molecule has 148 valence electrons. The first-order valence-corrected chi connectivity index (χ1v) is 8.88. The van der Waals surface area contributed by atoms with Gasteiger partial charge < -0.3 is 15.4 Å². The fourth-order valence-electron chi connectivity index (χ4n) is 3.31. The fraction of sp³-hybridized carbons (Fsp3) is 0.286. The number of carbonyl (C=O) groups excluding carboxylic acids is 2. The maximum atomic E-state index is 12.5. The van der Waals surface area contributed by atoms with Gasteiger partial charge in [-0.3, -0.25) is 15.0 Å².